The first-order valence-corrected chi connectivity index (χ1v) is 8.34. The van der Waals surface area contributed by atoms with Crippen molar-refractivity contribution >= 4 is 9.84 Å². The lowest BCUT2D eigenvalue weighted by molar-refractivity contribution is 0.592. The number of benzene rings is 2. The highest BCUT2D eigenvalue weighted by Crippen LogP contribution is 2.24. The van der Waals surface area contributed by atoms with E-state index in [0.717, 1.165) is 11.1 Å². The summed E-state index contributed by atoms with van der Waals surface area (Å²) in [6, 6.07) is 16.5. The Kier molecular flexibility index (Phi) is 4.44. The van der Waals surface area contributed by atoms with Crippen LogP contribution >= 0.6 is 0 Å². The molecule has 4 heteroatoms. The Balaban J connectivity index is 2.37. The molecule has 0 amide bonds. The smallest absolute Gasteiger partial charge is 0.180 e. The van der Waals surface area contributed by atoms with Gasteiger partial charge in [0, 0.05) is 0 Å². The van der Waals surface area contributed by atoms with Gasteiger partial charge in [-0.2, -0.15) is 5.26 Å². The van der Waals surface area contributed by atoms with E-state index in [1.54, 1.807) is 31.2 Å². The highest BCUT2D eigenvalue weighted by atomic mass is 32.2. The van der Waals surface area contributed by atoms with Gasteiger partial charge >= 0.3 is 0 Å². The third kappa shape index (κ3) is 3.50. The van der Waals surface area contributed by atoms with Crippen LogP contribution in [0.2, 0.25) is 0 Å². The quantitative estimate of drug-likeness (QED) is 0.869. The normalized spacial score (nSPS) is 12.6. The van der Waals surface area contributed by atoms with Crippen molar-refractivity contribution in [3.8, 4) is 6.07 Å². The van der Waals surface area contributed by atoms with E-state index in [-0.39, 0.29) is 5.75 Å². The Labute approximate surface area is 125 Å². The van der Waals surface area contributed by atoms with Gasteiger partial charge < -0.3 is 0 Å². The highest BCUT2D eigenvalue weighted by molar-refractivity contribution is 7.91. The van der Waals surface area contributed by atoms with Crippen LogP contribution in [-0.2, 0) is 9.84 Å². The SMILES string of the molecule is Cc1ccc(C)c(S(=O)(=O)CC(C#N)c2ccccc2)c1. The number of rotatable bonds is 4. The fourth-order valence-electron chi connectivity index (χ4n) is 2.24. The summed E-state index contributed by atoms with van der Waals surface area (Å²) in [7, 11) is -3.50. The maximum Gasteiger partial charge on any atom is 0.180 e. The first-order valence-electron chi connectivity index (χ1n) is 6.68. The summed E-state index contributed by atoms with van der Waals surface area (Å²) in [5.41, 5.74) is 2.34. The summed E-state index contributed by atoms with van der Waals surface area (Å²) in [6.45, 7) is 3.63. The zero-order chi connectivity index (χ0) is 15.5. The molecule has 0 aliphatic carbocycles. The number of sulfone groups is 1. The zero-order valence-electron chi connectivity index (χ0n) is 12.1. The van der Waals surface area contributed by atoms with Gasteiger partial charge in [-0.25, -0.2) is 8.42 Å². The standard InChI is InChI=1S/C17H17NO2S/c1-13-8-9-14(2)17(10-13)21(19,20)12-16(11-18)15-6-4-3-5-7-15/h3-10,16H,12H2,1-2H3. The molecule has 0 heterocycles. The van der Waals surface area contributed by atoms with E-state index in [1.807, 2.05) is 31.2 Å². The summed E-state index contributed by atoms with van der Waals surface area (Å²) in [5.74, 6) is -0.853. The average Bonchev–Trinajstić information content (AvgIpc) is 2.48. The van der Waals surface area contributed by atoms with Gasteiger partial charge in [-0.1, -0.05) is 42.5 Å². The van der Waals surface area contributed by atoms with E-state index >= 15 is 0 Å². The predicted molar refractivity (Wildman–Crippen MR) is 82.8 cm³/mol. The molecule has 0 N–H and O–H groups in total. The van der Waals surface area contributed by atoms with Gasteiger partial charge in [-0.15, -0.1) is 0 Å². The number of nitrogens with zero attached hydrogens (tertiary/aromatic N) is 1. The van der Waals surface area contributed by atoms with E-state index in [9.17, 15) is 13.7 Å². The zero-order valence-corrected chi connectivity index (χ0v) is 12.9. The van der Waals surface area contributed by atoms with Gasteiger partial charge in [-0.05, 0) is 36.6 Å². The van der Waals surface area contributed by atoms with Crippen molar-refractivity contribution < 1.29 is 8.42 Å². The summed E-state index contributed by atoms with van der Waals surface area (Å²) in [5, 5.41) is 9.30. The monoisotopic (exact) mass is 299 g/mol. The molecular weight excluding hydrogens is 282 g/mol. The fraction of sp³-hybridized carbons (Fsp3) is 0.235. The van der Waals surface area contributed by atoms with Crippen molar-refractivity contribution in [3.05, 3.63) is 65.2 Å². The third-order valence-electron chi connectivity index (χ3n) is 3.42. The van der Waals surface area contributed by atoms with E-state index in [0.29, 0.717) is 10.5 Å². The second-order valence-electron chi connectivity index (χ2n) is 5.14. The summed E-state index contributed by atoms with van der Waals surface area (Å²) in [6.07, 6.45) is 0. The van der Waals surface area contributed by atoms with Gasteiger partial charge in [0.1, 0.15) is 0 Å². The lowest BCUT2D eigenvalue weighted by Gasteiger charge is -2.12. The number of hydrogen-bond acceptors (Lipinski definition) is 3. The maximum atomic E-state index is 12.6. The summed E-state index contributed by atoms with van der Waals surface area (Å²) >= 11 is 0. The Morgan fingerprint density at radius 2 is 1.76 bits per heavy atom. The molecule has 0 spiro atoms. The van der Waals surface area contributed by atoms with Crippen LogP contribution in [0.15, 0.2) is 53.4 Å². The van der Waals surface area contributed by atoms with Crippen molar-refractivity contribution in [1.29, 1.82) is 5.26 Å². The molecule has 2 aromatic rings. The molecule has 0 saturated heterocycles. The minimum Gasteiger partial charge on any atom is -0.224 e. The van der Waals surface area contributed by atoms with Crippen LogP contribution in [0.25, 0.3) is 0 Å². The lowest BCUT2D eigenvalue weighted by Crippen LogP contribution is -2.15. The van der Waals surface area contributed by atoms with Gasteiger partial charge in [0.2, 0.25) is 0 Å². The van der Waals surface area contributed by atoms with Crippen molar-refractivity contribution in [2.75, 3.05) is 5.75 Å². The van der Waals surface area contributed by atoms with Crippen LogP contribution in [0.1, 0.15) is 22.6 Å². The van der Waals surface area contributed by atoms with Crippen LogP contribution in [0, 0.1) is 25.2 Å². The highest BCUT2D eigenvalue weighted by Gasteiger charge is 2.24. The molecule has 0 bridgehead atoms. The van der Waals surface area contributed by atoms with E-state index in [2.05, 4.69) is 6.07 Å². The lowest BCUT2D eigenvalue weighted by atomic mass is 10.0. The van der Waals surface area contributed by atoms with Crippen LogP contribution in [0.4, 0.5) is 0 Å². The molecule has 108 valence electrons. The van der Waals surface area contributed by atoms with Crippen molar-refractivity contribution in [2.45, 2.75) is 24.7 Å². The Hall–Kier alpha value is -2.12. The number of hydrogen-bond donors (Lipinski definition) is 0. The molecular formula is C17H17NO2S. The third-order valence-corrected chi connectivity index (χ3v) is 5.30. The molecule has 0 aliphatic rings. The van der Waals surface area contributed by atoms with Gasteiger partial charge in [0.05, 0.1) is 22.6 Å². The van der Waals surface area contributed by atoms with Crippen LogP contribution in [0.3, 0.4) is 0 Å². The second-order valence-corrected chi connectivity index (χ2v) is 7.15. The molecule has 0 fully saturated rings. The number of aryl methyl sites for hydroxylation is 2. The molecule has 0 aliphatic heterocycles. The second kappa shape index (κ2) is 6.11. The summed E-state index contributed by atoms with van der Waals surface area (Å²) < 4.78 is 25.2. The average molecular weight is 299 g/mol. The van der Waals surface area contributed by atoms with Gasteiger partial charge in [0.25, 0.3) is 0 Å². The van der Waals surface area contributed by atoms with Gasteiger partial charge in [-0.3, -0.25) is 0 Å². The summed E-state index contributed by atoms with van der Waals surface area (Å²) in [4.78, 5) is 0.318. The molecule has 1 atom stereocenters. The molecule has 21 heavy (non-hydrogen) atoms. The van der Waals surface area contributed by atoms with E-state index in [1.165, 1.54) is 0 Å². The topological polar surface area (TPSA) is 57.9 Å². The fourth-order valence-corrected chi connectivity index (χ4v) is 4.05. The molecule has 3 nitrogen and oxygen atoms in total. The number of nitriles is 1. The Morgan fingerprint density at radius 1 is 1.10 bits per heavy atom. The van der Waals surface area contributed by atoms with Crippen molar-refractivity contribution in [3.63, 3.8) is 0 Å². The molecule has 2 aromatic carbocycles. The van der Waals surface area contributed by atoms with E-state index < -0.39 is 15.8 Å². The van der Waals surface area contributed by atoms with Crippen molar-refractivity contribution in [1.82, 2.24) is 0 Å². The first kappa shape index (κ1) is 15.3. The largest absolute Gasteiger partial charge is 0.224 e. The predicted octanol–water partition coefficient (Wildman–Crippen LogP) is 3.38. The Bertz CT molecular complexity index is 774. The molecule has 0 aromatic heterocycles. The van der Waals surface area contributed by atoms with Gasteiger partial charge in [0.15, 0.2) is 9.84 Å². The van der Waals surface area contributed by atoms with Crippen LogP contribution in [0.5, 0.6) is 0 Å². The van der Waals surface area contributed by atoms with E-state index in [4.69, 9.17) is 0 Å². The molecule has 2 rings (SSSR count). The minimum atomic E-state index is -3.50. The van der Waals surface area contributed by atoms with Crippen LogP contribution in [-0.4, -0.2) is 14.2 Å². The maximum absolute atomic E-state index is 12.6. The molecule has 1 unspecified atom stereocenters. The first-order chi connectivity index (χ1) is 9.94. The Morgan fingerprint density at radius 3 is 2.38 bits per heavy atom. The molecule has 0 saturated carbocycles. The molecule has 0 radical (unpaired) electrons. The minimum absolute atomic E-state index is 0.197. The van der Waals surface area contributed by atoms with Crippen molar-refractivity contribution in [2.24, 2.45) is 0 Å². The van der Waals surface area contributed by atoms with Crippen LogP contribution < -0.4 is 0 Å².